The zero-order valence-electron chi connectivity index (χ0n) is 10.7. The van der Waals surface area contributed by atoms with Crippen LogP contribution in [0.4, 0.5) is 5.69 Å². The molecule has 1 fully saturated rings. The van der Waals surface area contributed by atoms with Crippen molar-refractivity contribution in [1.82, 2.24) is 5.32 Å². The molecule has 1 aromatic rings. The second kappa shape index (κ2) is 6.52. The fraction of sp³-hybridized carbons (Fsp3) is 0.500. The third-order valence-electron chi connectivity index (χ3n) is 3.15. The molecule has 0 radical (unpaired) electrons. The molecule has 2 rings (SSSR count). The highest BCUT2D eigenvalue weighted by Gasteiger charge is 2.19. The molecule has 98 valence electrons. The summed E-state index contributed by atoms with van der Waals surface area (Å²) in [6.07, 6.45) is 0.721. The molecule has 0 saturated carbocycles. The van der Waals surface area contributed by atoms with E-state index in [1.165, 1.54) is 0 Å². The Morgan fingerprint density at radius 3 is 2.94 bits per heavy atom. The van der Waals surface area contributed by atoms with Crippen molar-refractivity contribution >= 4 is 11.6 Å². The summed E-state index contributed by atoms with van der Waals surface area (Å²) in [4.78, 5) is 11.9. The Labute approximate surface area is 108 Å². The monoisotopic (exact) mass is 248 g/mol. The number of nitrogens with one attached hydrogen (secondary N) is 2. The molecule has 2 atom stereocenters. The average Bonchev–Trinajstić information content (AvgIpc) is 2.90. The zero-order valence-corrected chi connectivity index (χ0v) is 10.7. The molecular weight excluding hydrogens is 228 g/mol. The highest BCUT2D eigenvalue weighted by Crippen LogP contribution is 2.10. The number of amides is 1. The van der Waals surface area contributed by atoms with Crippen LogP contribution in [0.5, 0.6) is 0 Å². The number of para-hydroxylation sites is 1. The van der Waals surface area contributed by atoms with Crippen molar-refractivity contribution in [1.29, 1.82) is 0 Å². The maximum absolute atomic E-state index is 11.9. The number of anilines is 1. The van der Waals surface area contributed by atoms with Gasteiger partial charge in [-0.25, -0.2) is 0 Å². The van der Waals surface area contributed by atoms with E-state index in [1.54, 1.807) is 6.92 Å². The molecule has 18 heavy (non-hydrogen) atoms. The van der Waals surface area contributed by atoms with Crippen LogP contribution in [0, 0.1) is 5.92 Å². The summed E-state index contributed by atoms with van der Waals surface area (Å²) in [7, 11) is 0. The molecule has 1 aliphatic rings. The van der Waals surface area contributed by atoms with Gasteiger partial charge in [0.25, 0.3) is 5.91 Å². The predicted octanol–water partition coefficient (Wildman–Crippen LogP) is 1.64. The number of hydrogen-bond donors (Lipinski definition) is 2. The van der Waals surface area contributed by atoms with Gasteiger partial charge >= 0.3 is 0 Å². The van der Waals surface area contributed by atoms with Gasteiger partial charge in [-0.15, -0.1) is 0 Å². The lowest BCUT2D eigenvalue weighted by molar-refractivity contribution is -0.127. The Kier molecular flexibility index (Phi) is 4.73. The highest BCUT2D eigenvalue weighted by atomic mass is 16.5. The van der Waals surface area contributed by atoms with Crippen LogP contribution in [0.25, 0.3) is 0 Å². The molecule has 1 aliphatic heterocycles. The number of rotatable bonds is 5. The van der Waals surface area contributed by atoms with E-state index >= 15 is 0 Å². The Hall–Kier alpha value is -1.39. The van der Waals surface area contributed by atoms with E-state index in [2.05, 4.69) is 10.6 Å². The number of carbonyl (C=O) groups excluding carboxylic acids is 1. The molecule has 4 heteroatoms. The van der Waals surface area contributed by atoms with Gasteiger partial charge in [-0.3, -0.25) is 4.79 Å². The third-order valence-corrected chi connectivity index (χ3v) is 3.15. The summed E-state index contributed by atoms with van der Waals surface area (Å²) in [6, 6.07) is 9.44. The second-order valence-electron chi connectivity index (χ2n) is 4.69. The molecule has 0 bridgehead atoms. The van der Waals surface area contributed by atoms with Gasteiger partial charge in [-0.1, -0.05) is 18.2 Å². The van der Waals surface area contributed by atoms with E-state index in [0.29, 0.717) is 12.5 Å². The average molecular weight is 248 g/mol. The summed E-state index contributed by atoms with van der Waals surface area (Å²) in [5.74, 6) is 0.448. The molecule has 1 saturated heterocycles. The number of benzene rings is 1. The predicted molar refractivity (Wildman–Crippen MR) is 71.5 cm³/mol. The summed E-state index contributed by atoms with van der Waals surface area (Å²) >= 11 is 0. The lowest BCUT2D eigenvalue weighted by atomic mass is 10.1. The van der Waals surface area contributed by atoms with E-state index in [9.17, 15) is 4.79 Å². The van der Waals surface area contributed by atoms with Gasteiger partial charge in [0.05, 0.1) is 6.61 Å². The molecular formula is C14H20N2O2. The van der Waals surface area contributed by atoms with Crippen LogP contribution >= 0.6 is 0 Å². The summed E-state index contributed by atoms with van der Waals surface area (Å²) in [5.41, 5.74) is 0.806. The van der Waals surface area contributed by atoms with Gasteiger partial charge < -0.3 is 15.4 Å². The van der Waals surface area contributed by atoms with Crippen LogP contribution in [0.1, 0.15) is 13.3 Å². The van der Waals surface area contributed by atoms with Crippen molar-refractivity contribution < 1.29 is 9.53 Å². The summed E-state index contributed by atoms with van der Waals surface area (Å²) < 4.78 is 5.61. The van der Waals surface area contributed by atoms with E-state index in [-0.39, 0.29) is 5.91 Å². The zero-order chi connectivity index (χ0) is 12.8. The molecule has 0 aliphatic carbocycles. The molecule has 4 nitrogen and oxygen atoms in total. The van der Waals surface area contributed by atoms with Crippen molar-refractivity contribution in [2.75, 3.05) is 25.0 Å². The SMILES string of the molecule is CC(OCC1CCNC1)C(=O)Nc1ccccc1. The highest BCUT2D eigenvalue weighted by molar-refractivity contribution is 5.93. The van der Waals surface area contributed by atoms with Crippen molar-refractivity contribution in [2.24, 2.45) is 5.92 Å². The molecule has 1 amide bonds. The van der Waals surface area contributed by atoms with Gasteiger partial charge in [0.1, 0.15) is 6.10 Å². The van der Waals surface area contributed by atoms with Crippen LogP contribution in [-0.4, -0.2) is 31.7 Å². The maximum Gasteiger partial charge on any atom is 0.253 e. The minimum atomic E-state index is -0.411. The first-order valence-corrected chi connectivity index (χ1v) is 6.44. The first-order chi connectivity index (χ1) is 8.75. The Bertz CT molecular complexity index is 375. The number of carbonyl (C=O) groups is 1. The van der Waals surface area contributed by atoms with E-state index in [4.69, 9.17) is 4.74 Å². The van der Waals surface area contributed by atoms with Gasteiger partial charge in [-0.2, -0.15) is 0 Å². The normalized spacial score (nSPS) is 20.6. The lowest BCUT2D eigenvalue weighted by Gasteiger charge is -2.15. The van der Waals surface area contributed by atoms with E-state index in [1.807, 2.05) is 30.3 Å². The van der Waals surface area contributed by atoms with E-state index < -0.39 is 6.10 Å². The minimum absolute atomic E-state index is 0.0906. The van der Waals surface area contributed by atoms with Crippen LogP contribution in [-0.2, 0) is 9.53 Å². The Morgan fingerprint density at radius 1 is 1.50 bits per heavy atom. The van der Waals surface area contributed by atoms with Gasteiger partial charge in [0, 0.05) is 12.2 Å². The first-order valence-electron chi connectivity index (χ1n) is 6.44. The Balaban J connectivity index is 1.74. The molecule has 0 aromatic heterocycles. The van der Waals surface area contributed by atoms with Gasteiger partial charge in [-0.05, 0) is 37.9 Å². The third kappa shape index (κ3) is 3.82. The largest absolute Gasteiger partial charge is 0.368 e. The molecule has 1 aromatic carbocycles. The lowest BCUT2D eigenvalue weighted by Crippen LogP contribution is -2.29. The van der Waals surface area contributed by atoms with Gasteiger partial charge in [0.15, 0.2) is 0 Å². The Morgan fingerprint density at radius 2 is 2.28 bits per heavy atom. The van der Waals surface area contributed by atoms with Crippen molar-refractivity contribution in [3.63, 3.8) is 0 Å². The molecule has 2 N–H and O–H groups in total. The molecule has 1 heterocycles. The number of ether oxygens (including phenoxy) is 1. The summed E-state index contributed by atoms with van der Waals surface area (Å²) in [6.45, 7) is 4.49. The maximum atomic E-state index is 11.9. The minimum Gasteiger partial charge on any atom is -0.368 e. The van der Waals surface area contributed by atoms with E-state index in [0.717, 1.165) is 25.2 Å². The standard InChI is InChI=1S/C14H20N2O2/c1-11(18-10-12-7-8-15-9-12)14(17)16-13-5-3-2-4-6-13/h2-6,11-12,15H,7-10H2,1H3,(H,16,17). The van der Waals surface area contributed by atoms with Crippen molar-refractivity contribution in [2.45, 2.75) is 19.4 Å². The first kappa shape index (κ1) is 13.1. The van der Waals surface area contributed by atoms with Crippen LogP contribution in [0.2, 0.25) is 0 Å². The second-order valence-corrected chi connectivity index (χ2v) is 4.69. The fourth-order valence-corrected chi connectivity index (χ4v) is 1.98. The van der Waals surface area contributed by atoms with Gasteiger partial charge in [0.2, 0.25) is 0 Å². The van der Waals surface area contributed by atoms with Crippen molar-refractivity contribution in [3.05, 3.63) is 30.3 Å². The molecule has 2 unspecified atom stereocenters. The number of hydrogen-bond acceptors (Lipinski definition) is 3. The van der Waals surface area contributed by atoms with Crippen LogP contribution in [0.3, 0.4) is 0 Å². The smallest absolute Gasteiger partial charge is 0.253 e. The fourth-order valence-electron chi connectivity index (χ4n) is 1.98. The topological polar surface area (TPSA) is 50.4 Å². The quantitative estimate of drug-likeness (QED) is 0.833. The molecule has 0 spiro atoms. The summed E-state index contributed by atoms with van der Waals surface area (Å²) in [5, 5.41) is 6.12. The van der Waals surface area contributed by atoms with Crippen LogP contribution in [0.15, 0.2) is 30.3 Å². The van der Waals surface area contributed by atoms with Crippen molar-refractivity contribution in [3.8, 4) is 0 Å². The van der Waals surface area contributed by atoms with Crippen LogP contribution < -0.4 is 10.6 Å².